The number of hydrogen-bond acceptors (Lipinski definition) is 4. The number of anilines is 1. The fourth-order valence-corrected chi connectivity index (χ4v) is 1.14. The summed E-state index contributed by atoms with van der Waals surface area (Å²) in [6.45, 7) is 3.12. The third-order valence-corrected chi connectivity index (χ3v) is 2.04. The van der Waals surface area contributed by atoms with Crippen LogP contribution >= 0.6 is 0 Å². The molecule has 0 saturated heterocycles. The Kier molecular flexibility index (Phi) is 3.84. The number of non-ortho nitro benzene ring substituents is 1. The molecule has 1 rings (SSSR count). The molecule has 0 aromatic heterocycles. The summed E-state index contributed by atoms with van der Waals surface area (Å²) in [6, 6.07) is 6.77. The normalized spacial score (nSPS) is 10.3. The highest BCUT2D eigenvalue weighted by Crippen LogP contribution is 2.15. The van der Waals surface area contributed by atoms with E-state index in [1.807, 2.05) is 6.07 Å². The predicted molar refractivity (Wildman–Crippen MR) is 64.9 cm³/mol. The first-order chi connectivity index (χ1) is 8.34. The number of hydrogen-bond donors (Lipinski definition) is 2. The zero-order valence-corrected chi connectivity index (χ0v) is 9.93. The highest BCUT2D eigenvalue weighted by atomic mass is 16.6. The summed E-state index contributed by atoms with van der Waals surface area (Å²) in [5.74, 6) is 0. The van der Waals surface area contributed by atoms with E-state index in [9.17, 15) is 14.9 Å². The first-order valence-electron chi connectivity index (χ1n) is 5.09. The van der Waals surface area contributed by atoms with Crippen LogP contribution in [0.3, 0.4) is 0 Å². The standard InChI is InChI=1S/C11H12N4O3/c1-11(2,7-12)14-10(16)13-8-3-5-9(6-4-8)15(17)18/h3-6H,1-2H3,(H2,13,14,16). The lowest BCUT2D eigenvalue weighted by atomic mass is 10.1. The fourth-order valence-electron chi connectivity index (χ4n) is 1.14. The summed E-state index contributed by atoms with van der Waals surface area (Å²) in [5, 5.41) is 24.1. The molecule has 2 amide bonds. The van der Waals surface area contributed by atoms with Gasteiger partial charge in [-0.15, -0.1) is 0 Å². The smallest absolute Gasteiger partial charge is 0.320 e. The summed E-state index contributed by atoms with van der Waals surface area (Å²) in [5.41, 5.74) is -0.629. The molecule has 0 radical (unpaired) electrons. The highest BCUT2D eigenvalue weighted by Gasteiger charge is 2.19. The number of nitro groups is 1. The molecule has 1 aromatic rings. The molecule has 18 heavy (non-hydrogen) atoms. The van der Waals surface area contributed by atoms with E-state index in [1.165, 1.54) is 24.3 Å². The lowest BCUT2D eigenvalue weighted by molar-refractivity contribution is -0.384. The summed E-state index contributed by atoms with van der Waals surface area (Å²) >= 11 is 0. The number of rotatable bonds is 3. The average molecular weight is 248 g/mol. The molecule has 0 spiro atoms. The van der Waals surface area contributed by atoms with Crippen molar-refractivity contribution >= 4 is 17.4 Å². The zero-order valence-electron chi connectivity index (χ0n) is 9.93. The van der Waals surface area contributed by atoms with Crippen LogP contribution in [-0.2, 0) is 0 Å². The van der Waals surface area contributed by atoms with E-state index >= 15 is 0 Å². The first kappa shape index (κ1) is 13.4. The highest BCUT2D eigenvalue weighted by molar-refractivity contribution is 5.90. The molecule has 0 heterocycles. The molecule has 94 valence electrons. The van der Waals surface area contributed by atoms with E-state index in [0.29, 0.717) is 5.69 Å². The molecular weight excluding hydrogens is 236 g/mol. The van der Waals surface area contributed by atoms with Gasteiger partial charge in [-0.05, 0) is 26.0 Å². The maximum atomic E-state index is 11.5. The Labute approximate surface area is 104 Å². The third kappa shape index (κ3) is 3.75. The van der Waals surface area contributed by atoms with Gasteiger partial charge < -0.3 is 10.6 Å². The van der Waals surface area contributed by atoms with Crippen molar-refractivity contribution in [2.75, 3.05) is 5.32 Å². The molecule has 0 fully saturated rings. The third-order valence-electron chi connectivity index (χ3n) is 2.04. The second kappa shape index (κ2) is 5.14. The molecule has 0 saturated carbocycles. The van der Waals surface area contributed by atoms with Gasteiger partial charge in [0.2, 0.25) is 0 Å². The first-order valence-corrected chi connectivity index (χ1v) is 5.09. The lowest BCUT2D eigenvalue weighted by Gasteiger charge is -2.17. The quantitative estimate of drug-likeness (QED) is 0.630. The molecule has 0 aliphatic carbocycles. The lowest BCUT2D eigenvalue weighted by Crippen LogP contribution is -2.44. The molecule has 7 nitrogen and oxygen atoms in total. The number of amides is 2. The van der Waals surface area contributed by atoms with Gasteiger partial charge in [-0.25, -0.2) is 4.79 Å². The largest absolute Gasteiger partial charge is 0.320 e. The van der Waals surface area contributed by atoms with Crippen LogP contribution in [0.1, 0.15) is 13.8 Å². The zero-order chi connectivity index (χ0) is 13.8. The Balaban J connectivity index is 2.66. The maximum absolute atomic E-state index is 11.5. The van der Waals surface area contributed by atoms with Gasteiger partial charge in [0.1, 0.15) is 5.54 Å². The molecule has 7 heteroatoms. The molecule has 0 unspecified atom stereocenters. The Hall–Kier alpha value is -2.62. The molecule has 0 atom stereocenters. The Morgan fingerprint density at radius 3 is 2.39 bits per heavy atom. The van der Waals surface area contributed by atoms with E-state index in [2.05, 4.69) is 10.6 Å². The van der Waals surface area contributed by atoms with Crippen LogP contribution in [-0.4, -0.2) is 16.5 Å². The van der Waals surface area contributed by atoms with Crippen LogP contribution < -0.4 is 10.6 Å². The summed E-state index contributed by atoms with van der Waals surface area (Å²) in [7, 11) is 0. The van der Waals surface area contributed by atoms with Crippen molar-refractivity contribution in [3.05, 3.63) is 34.4 Å². The van der Waals surface area contributed by atoms with Crippen LogP contribution in [0.2, 0.25) is 0 Å². The summed E-state index contributed by atoms with van der Waals surface area (Å²) in [6.07, 6.45) is 0. The van der Waals surface area contributed by atoms with Gasteiger partial charge in [-0.2, -0.15) is 5.26 Å². The number of urea groups is 1. The Bertz CT molecular complexity index is 502. The molecule has 0 aliphatic heterocycles. The number of carbonyl (C=O) groups is 1. The van der Waals surface area contributed by atoms with Crippen LogP contribution in [0, 0.1) is 21.4 Å². The number of benzene rings is 1. The molecule has 1 aromatic carbocycles. The molecule has 0 aliphatic rings. The van der Waals surface area contributed by atoms with Crippen molar-refractivity contribution in [2.45, 2.75) is 19.4 Å². The van der Waals surface area contributed by atoms with E-state index in [-0.39, 0.29) is 5.69 Å². The second-order valence-corrected chi connectivity index (χ2v) is 4.12. The van der Waals surface area contributed by atoms with Crippen molar-refractivity contribution in [1.82, 2.24) is 5.32 Å². The fraction of sp³-hybridized carbons (Fsp3) is 0.273. The number of nitrogens with zero attached hydrogens (tertiary/aromatic N) is 2. The SMILES string of the molecule is CC(C)(C#N)NC(=O)Nc1ccc([N+](=O)[O-])cc1. The van der Waals surface area contributed by atoms with Crippen molar-refractivity contribution in [3.8, 4) is 6.07 Å². The number of carbonyl (C=O) groups excluding carboxylic acids is 1. The molecule has 2 N–H and O–H groups in total. The van der Waals surface area contributed by atoms with E-state index in [1.54, 1.807) is 13.8 Å². The van der Waals surface area contributed by atoms with Crippen LogP contribution in [0.4, 0.5) is 16.2 Å². The van der Waals surface area contributed by atoms with Crippen molar-refractivity contribution in [2.24, 2.45) is 0 Å². The van der Waals surface area contributed by atoms with Crippen LogP contribution in [0.25, 0.3) is 0 Å². The number of nitriles is 1. The monoisotopic (exact) mass is 248 g/mol. The second-order valence-electron chi connectivity index (χ2n) is 4.12. The molecule has 0 bridgehead atoms. The predicted octanol–water partition coefficient (Wildman–Crippen LogP) is 2.02. The maximum Gasteiger partial charge on any atom is 0.320 e. The van der Waals surface area contributed by atoms with Gasteiger partial charge >= 0.3 is 6.03 Å². The van der Waals surface area contributed by atoms with Crippen LogP contribution in [0.5, 0.6) is 0 Å². The van der Waals surface area contributed by atoms with Crippen molar-refractivity contribution < 1.29 is 9.72 Å². The van der Waals surface area contributed by atoms with E-state index in [0.717, 1.165) is 0 Å². The van der Waals surface area contributed by atoms with E-state index < -0.39 is 16.5 Å². The van der Waals surface area contributed by atoms with Crippen LogP contribution in [0.15, 0.2) is 24.3 Å². The Morgan fingerprint density at radius 2 is 1.94 bits per heavy atom. The minimum Gasteiger partial charge on any atom is -0.320 e. The summed E-state index contributed by atoms with van der Waals surface area (Å²) in [4.78, 5) is 21.4. The Morgan fingerprint density at radius 1 is 1.39 bits per heavy atom. The van der Waals surface area contributed by atoms with Crippen molar-refractivity contribution in [3.63, 3.8) is 0 Å². The van der Waals surface area contributed by atoms with Gasteiger partial charge in [-0.1, -0.05) is 0 Å². The van der Waals surface area contributed by atoms with Gasteiger partial charge in [-0.3, -0.25) is 10.1 Å². The minimum absolute atomic E-state index is 0.0571. The summed E-state index contributed by atoms with van der Waals surface area (Å²) < 4.78 is 0. The topological polar surface area (TPSA) is 108 Å². The van der Waals surface area contributed by atoms with Gasteiger partial charge in [0.05, 0.1) is 11.0 Å². The average Bonchev–Trinajstić information content (AvgIpc) is 2.29. The minimum atomic E-state index is -0.981. The van der Waals surface area contributed by atoms with Crippen molar-refractivity contribution in [1.29, 1.82) is 5.26 Å². The number of nitrogens with one attached hydrogen (secondary N) is 2. The van der Waals surface area contributed by atoms with E-state index in [4.69, 9.17) is 5.26 Å². The molecular formula is C11H12N4O3. The van der Waals surface area contributed by atoms with Gasteiger partial charge in [0, 0.05) is 17.8 Å². The number of nitro benzene ring substituents is 1. The van der Waals surface area contributed by atoms with Gasteiger partial charge in [0.15, 0.2) is 0 Å². The van der Waals surface area contributed by atoms with Gasteiger partial charge in [0.25, 0.3) is 5.69 Å².